The van der Waals surface area contributed by atoms with Crippen molar-refractivity contribution in [3.05, 3.63) is 46.4 Å². The summed E-state index contributed by atoms with van der Waals surface area (Å²) < 4.78 is 14.7. The molecule has 2 heterocycles. The van der Waals surface area contributed by atoms with Gasteiger partial charge >= 0.3 is 0 Å². The Kier molecular flexibility index (Phi) is 3.52. The van der Waals surface area contributed by atoms with E-state index in [1.807, 2.05) is 24.3 Å². The number of anilines is 1. The summed E-state index contributed by atoms with van der Waals surface area (Å²) in [7, 11) is 0. The van der Waals surface area contributed by atoms with Crippen molar-refractivity contribution >= 4 is 32.7 Å². The van der Waals surface area contributed by atoms with E-state index in [4.69, 9.17) is 5.84 Å². The number of hydrogen-bond acceptors (Lipinski definition) is 5. The number of aryl methyl sites for hydroxylation is 1. The van der Waals surface area contributed by atoms with E-state index in [-0.39, 0.29) is 11.5 Å². The van der Waals surface area contributed by atoms with Gasteiger partial charge in [0.1, 0.15) is 0 Å². The van der Waals surface area contributed by atoms with Gasteiger partial charge in [-0.15, -0.1) is 0 Å². The first kappa shape index (κ1) is 13.8. The van der Waals surface area contributed by atoms with E-state index in [0.717, 1.165) is 15.4 Å². The maximum atomic E-state index is 13.8. The number of nitrogens with zero attached hydrogens (tertiary/aromatic N) is 3. The van der Waals surface area contributed by atoms with Gasteiger partial charge in [0, 0.05) is 21.6 Å². The Balaban J connectivity index is 2.31. The molecule has 0 radical (unpaired) electrons. The zero-order chi connectivity index (χ0) is 15.0. The number of nitrogens with one attached hydrogen (secondary N) is 1. The molecule has 1 aromatic carbocycles. The molecule has 2 aromatic heterocycles. The number of nitrogens with two attached hydrogens (primary N) is 1. The molecule has 0 atom stereocenters. The summed E-state index contributed by atoms with van der Waals surface area (Å²) in [6.07, 6.45) is 1.69. The number of pyridine rings is 1. The Morgan fingerprint density at radius 3 is 2.81 bits per heavy atom. The summed E-state index contributed by atoms with van der Waals surface area (Å²) in [5.74, 6) is 5.08. The molecule has 5 nitrogen and oxygen atoms in total. The largest absolute Gasteiger partial charge is 0.306 e. The van der Waals surface area contributed by atoms with Crippen molar-refractivity contribution in [3.8, 4) is 11.4 Å². The number of halogens is 2. The predicted octanol–water partition coefficient (Wildman–Crippen LogP) is 3.19. The molecule has 3 N–H and O–H groups in total. The molecule has 0 aliphatic heterocycles. The third-order valence-electron chi connectivity index (χ3n) is 3.11. The van der Waals surface area contributed by atoms with Crippen LogP contribution in [0.3, 0.4) is 0 Å². The van der Waals surface area contributed by atoms with Crippen LogP contribution in [0.5, 0.6) is 0 Å². The second-order valence-corrected chi connectivity index (χ2v) is 5.29. The molecular weight excluding hydrogens is 337 g/mol. The average molecular weight is 348 g/mol. The first-order valence-corrected chi connectivity index (χ1v) is 6.95. The molecule has 0 bridgehead atoms. The van der Waals surface area contributed by atoms with E-state index in [1.165, 1.54) is 0 Å². The number of hydrogen-bond donors (Lipinski definition) is 2. The second kappa shape index (κ2) is 5.34. The van der Waals surface area contributed by atoms with Crippen molar-refractivity contribution < 1.29 is 4.39 Å². The van der Waals surface area contributed by atoms with Crippen molar-refractivity contribution in [2.75, 3.05) is 5.43 Å². The zero-order valence-corrected chi connectivity index (χ0v) is 12.6. The van der Waals surface area contributed by atoms with Crippen molar-refractivity contribution in [2.24, 2.45) is 5.84 Å². The Bertz CT molecular complexity index is 837. The maximum absolute atomic E-state index is 13.8. The van der Waals surface area contributed by atoms with Gasteiger partial charge in [0.2, 0.25) is 0 Å². The highest BCUT2D eigenvalue weighted by molar-refractivity contribution is 9.10. The topological polar surface area (TPSA) is 76.7 Å². The molecule has 3 rings (SSSR count). The highest BCUT2D eigenvalue weighted by Gasteiger charge is 2.15. The maximum Gasteiger partial charge on any atom is 0.187 e. The van der Waals surface area contributed by atoms with Crippen molar-refractivity contribution in [1.29, 1.82) is 0 Å². The molecule has 0 saturated heterocycles. The number of hydrazine groups is 1. The van der Waals surface area contributed by atoms with Crippen molar-refractivity contribution in [3.63, 3.8) is 0 Å². The Morgan fingerprint density at radius 2 is 2.05 bits per heavy atom. The molecule has 7 heteroatoms. The minimum absolute atomic E-state index is 0.0375. The third-order valence-corrected chi connectivity index (χ3v) is 3.80. The lowest BCUT2D eigenvalue weighted by Gasteiger charge is -2.09. The van der Waals surface area contributed by atoms with Crippen LogP contribution in [-0.2, 0) is 0 Å². The van der Waals surface area contributed by atoms with Gasteiger partial charge in [0.05, 0.1) is 11.2 Å². The zero-order valence-electron chi connectivity index (χ0n) is 11.1. The van der Waals surface area contributed by atoms with Gasteiger partial charge in [0.25, 0.3) is 0 Å². The van der Waals surface area contributed by atoms with E-state index < -0.39 is 5.82 Å². The van der Waals surface area contributed by atoms with Gasteiger partial charge in [-0.3, -0.25) is 4.98 Å². The van der Waals surface area contributed by atoms with Gasteiger partial charge < -0.3 is 5.43 Å². The van der Waals surface area contributed by atoms with Gasteiger partial charge in [-0.05, 0) is 25.1 Å². The number of rotatable bonds is 2. The molecule has 21 heavy (non-hydrogen) atoms. The van der Waals surface area contributed by atoms with Gasteiger partial charge in [-0.1, -0.05) is 22.0 Å². The number of aromatic nitrogens is 3. The molecule has 0 aliphatic rings. The normalized spacial score (nSPS) is 10.9. The molecule has 0 aliphatic carbocycles. The standard InChI is InChI=1S/C14H11BrFN5/c1-7-11(16)14(21-17)20-13(19-7)9-4-5-10(15)8-3-2-6-18-12(8)9/h2-6H,17H2,1H3,(H,19,20,21). The summed E-state index contributed by atoms with van der Waals surface area (Å²) in [5, 5.41) is 0.933. The van der Waals surface area contributed by atoms with Crippen LogP contribution < -0.4 is 11.3 Å². The van der Waals surface area contributed by atoms with Gasteiger partial charge in [-0.2, -0.15) is 0 Å². The Hall–Kier alpha value is -2.12. The fourth-order valence-corrected chi connectivity index (χ4v) is 2.55. The Labute approximate surface area is 128 Å². The minimum Gasteiger partial charge on any atom is -0.306 e. The lowest BCUT2D eigenvalue weighted by molar-refractivity contribution is 0.606. The van der Waals surface area contributed by atoms with E-state index in [9.17, 15) is 4.39 Å². The van der Waals surface area contributed by atoms with Crippen molar-refractivity contribution in [2.45, 2.75) is 6.92 Å². The summed E-state index contributed by atoms with van der Waals surface area (Å²) >= 11 is 3.48. The highest BCUT2D eigenvalue weighted by atomic mass is 79.9. The lowest BCUT2D eigenvalue weighted by Crippen LogP contribution is -2.13. The Morgan fingerprint density at radius 1 is 1.24 bits per heavy atom. The summed E-state index contributed by atoms with van der Waals surface area (Å²) in [4.78, 5) is 12.7. The first-order chi connectivity index (χ1) is 10.1. The van der Waals surface area contributed by atoms with E-state index in [2.05, 4.69) is 36.3 Å². The molecule has 0 unspecified atom stereocenters. The monoisotopic (exact) mass is 347 g/mol. The smallest absolute Gasteiger partial charge is 0.187 e. The lowest BCUT2D eigenvalue weighted by atomic mass is 10.1. The number of nitrogen functional groups attached to an aromatic ring is 1. The van der Waals surface area contributed by atoms with Gasteiger partial charge in [-0.25, -0.2) is 20.2 Å². The molecular formula is C14H11BrFN5. The average Bonchev–Trinajstić information content (AvgIpc) is 2.51. The predicted molar refractivity (Wildman–Crippen MR) is 83.0 cm³/mol. The minimum atomic E-state index is -0.560. The third kappa shape index (κ3) is 2.34. The summed E-state index contributed by atoms with van der Waals surface area (Å²) in [6, 6.07) is 7.51. The van der Waals surface area contributed by atoms with Crippen LogP contribution >= 0.6 is 15.9 Å². The van der Waals surface area contributed by atoms with Crippen LogP contribution in [-0.4, -0.2) is 15.0 Å². The molecule has 106 valence electrons. The van der Waals surface area contributed by atoms with E-state index >= 15 is 0 Å². The van der Waals surface area contributed by atoms with Crippen LogP contribution in [0.4, 0.5) is 10.2 Å². The molecule has 3 aromatic rings. The summed E-state index contributed by atoms with van der Waals surface area (Å²) in [6.45, 7) is 1.57. The quantitative estimate of drug-likeness (QED) is 0.549. The number of benzene rings is 1. The van der Waals surface area contributed by atoms with E-state index in [0.29, 0.717) is 11.4 Å². The molecule has 0 spiro atoms. The fourth-order valence-electron chi connectivity index (χ4n) is 2.09. The highest BCUT2D eigenvalue weighted by Crippen LogP contribution is 2.31. The second-order valence-electron chi connectivity index (χ2n) is 4.43. The van der Waals surface area contributed by atoms with Crippen LogP contribution in [0.2, 0.25) is 0 Å². The van der Waals surface area contributed by atoms with E-state index in [1.54, 1.807) is 13.1 Å². The fraction of sp³-hybridized carbons (Fsp3) is 0.0714. The SMILES string of the molecule is Cc1nc(-c2ccc(Br)c3cccnc23)nc(NN)c1F. The number of fused-ring (bicyclic) bond motifs is 1. The van der Waals surface area contributed by atoms with Crippen LogP contribution in [0, 0.1) is 12.7 Å². The molecule has 0 amide bonds. The van der Waals surface area contributed by atoms with Gasteiger partial charge in [0.15, 0.2) is 17.5 Å². The molecule has 0 saturated carbocycles. The summed E-state index contributed by atoms with van der Waals surface area (Å²) in [5.41, 5.74) is 3.93. The van der Waals surface area contributed by atoms with Crippen LogP contribution in [0.15, 0.2) is 34.9 Å². The first-order valence-electron chi connectivity index (χ1n) is 6.16. The van der Waals surface area contributed by atoms with Crippen LogP contribution in [0.25, 0.3) is 22.3 Å². The molecule has 0 fully saturated rings. The van der Waals surface area contributed by atoms with Crippen LogP contribution in [0.1, 0.15) is 5.69 Å². The van der Waals surface area contributed by atoms with Crippen molar-refractivity contribution in [1.82, 2.24) is 15.0 Å².